The van der Waals surface area contributed by atoms with E-state index in [9.17, 15) is 0 Å². The van der Waals surface area contributed by atoms with Crippen molar-refractivity contribution >= 4 is 16.7 Å². The SMILES string of the molecule is COc1cc(CCc2cc(-c3nc4ccc(N5CC(C)NC(C)C5)cc4[nH]3)n[nH]2)cc(OC)c1. The molecule has 8 nitrogen and oxygen atoms in total. The van der Waals surface area contributed by atoms with Gasteiger partial charge < -0.3 is 24.7 Å². The molecule has 2 aromatic heterocycles. The van der Waals surface area contributed by atoms with Gasteiger partial charge in [0, 0.05) is 42.6 Å². The van der Waals surface area contributed by atoms with E-state index in [1.165, 1.54) is 5.69 Å². The van der Waals surface area contributed by atoms with Crippen LogP contribution in [0.5, 0.6) is 11.5 Å². The van der Waals surface area contributed by atoms with Crippen molar-refractivity contribution < 1.29 is 9.47 Å². The third-order valence-electron chi connectivity index (χ3n) is 6.36. The number of imidazole rings is 1. The van der Waals surface area contributed by atoms with Gasteiger partial charge in [-0.05, 0) is 68.7 Å². The third-order valence-corrected chi connectivity index (χ3v) is 6.36. The number of benzene rings is 2. The Hall–Kier alpha value is -3.52. The molecular weight excluding hydrogens is 428 g/mol. The van der Waals surface area contributed by atoms with E-state index in [1.54, 1.807) is 14.2 Å². The van der Waals surface area contributed by atoms with E-state index < -0.39 is 0 Å². The van der Waals surface area contributed by atoms with Crippen LogP contribution in [0.1, 0.15) is 25.1 Å². The number of H-pyrrole nitrogens is 2. The molecule has 3 N–H and O–H groups in total. The van der Waals surface area contributed by atoms with Gasteiger partial charge >= 0.3 is 0 Å². The molecule has 0 aliphatic carbocycles. The number of hydrogen-bond donors (Lipinski definition) is 3. The Morgan fingerprint density at radius 3 is 2.38 bits per heavy atom. The van der Waals surface area contributed by atoms with Gasteiger partial charge in [0.2, 0.25) is 0 Å². The van der Waals surface area contributed by atoms with Crippen molar-refractivity contribution in [2.75, 3.05) is 32.2 Å². The van der Waals surface area contributed by atoms with Gasteiger partial charge in [0.25, 0.3) is 0 Å². The zero-order chi connectivity index (χ0) is 23.7. The summed E-state index contributed by atoms with van der Waals surface area (Å²) in [5.41, 5.74) is 6.23. The predicted molar refractivity (Wildman–Crippen MR) is 135 cm³/mol. The highest BCUT2D eigenvalue weighted by atomic mass is 16.5. The molecule has 5 rings (SSSR count). The highest BCUT2D eigenvalue weighted by Gasteiger charge is 2.21. The number of piperazine rings is 1. The Morgan fingerprint density at radius 2 is 1.68 bits per heavy atom. The van der Waals surface area contributed by atoms with Crippen LogP contribution in [0.15, 0.2) is 42.5 Å². The molecule has 178 valence electrons. The van der Waals surface area contributed by atoms with Gasteiger partial charge in [0.1, 0.15) is 17.2 Å². The van der Waals surface area contributed by atoms with Gasteiger partial charge in [-0.25, -0.2) is 4.98 Å². The molecule has 0 radical (unpaired) electrons. The molecule has 2 atom stereocenters. The van der Waals surface area contributed by atoms with Crippen LogP contribution in [0.25, 0.3) is 22.6 Å². The van der Waals surface area contributed by atoms with Crippen LogP contribution < -0.4 is 19.7 Å². The van der Waals surface area contributed by atoms with Crippen LogP contribution in [0, 0.1) is 0 Å². The van der Waals surface area contributed by atoms with Crippen molar-refractivity contribution in [3.63, 3.8) is 0 Å². The summed E-state index contributed by atoms with van der Waals surface area (Å²) in [7, 11) is 3.33. The molecule has 4 aromatic rings. The second kappa shape index (κ2) is 9.38. The Morgan fingerprint density at radius 1 is 0.941 bits per heavy atom. The lowest BCUT2D eigenvalue weighted by atomic mass is 10.1. The summed E-state index contributed by atoms with van der Waals surface area (Å²) in [5.74, 6) is 2.37. The summed E-state index contributed by atoms with van der Waals surface area (Å²) < 4.78 is 10.8. The van der Waals surface area contributed by atoms with Crippen molar-refractivity contribution in [3.05, 3.63) is 53.7 Å². The fourth-order valence-electron chi connectivity index (χ4n) is 4.75. The van der Waals surface area contributed by atoms with Crippen molar-refractivity contribution in [2.24, 2.45) is 0 Å². The summed E-state index contributed by atoms with van der Waals surface area (Å²) in [6.07, 6.45) is 1.67. The highest BCUT2D eigenvalue weighted by Crippen LogP contribution is 2.26. The van der Waals surface area contributed by atoms with Crippen LogP contribution in [0.2, 0.25) is 0 Å². The number of ether oxygens (including phenoxy) is 2. The normalized spacial score (nSPS) is 18.4. The number of aryl methyl sites for hydroxylation is 2. The lowest BCUT2D eigenvalue weighted by Gasteiger charge is -2.37. The number of aromatic amines is 2. The summed E-state index contributed by atoms with van der Waals surface area (Å²) in [6.45, 7) is 6.46. The van der Waals surface area contributed by atoms with Crippen LogP contribution in [-0.4, -0.2) is 59.6 Å². The average molecular weight is 461 g/mol. The Bertz CT molecular complexity index is 1250. The molecular formula is C26H32N6O2. The number of fused-ring (bicyclic) bond motifs is 1. The van der Waals surface area contributed by atoms with E-state index in [2.05, 4.69) is 63.5 Å². The highest BCUT2D eigenvalue weighted by molar-refractivity contribution is 5.82. The molecule has 1 aliphatic heterocycles. The molecule has 3 heterocycles. The van der Waals surface area contributed by atoms with E-state index in [-0.39, 0.29) is 0 Å². The molecule has 0 spiro atoms. The molecule has 8 heteroatoms. The molecule has 34 heavy (non-hydrogen) atoms. The molecule has 0 saturated carbocycles. The second-order valence-corrected chi connectivity index (χ2v) is 9.16. The minimum absolute atomic E-state index is 0.470. The fraction of sp³-hybridized carbons (Fsp3) is 0.385. The Kier molecular flexibility index (Phi) is 6.15. The zero-order valence-electron chi connectivity index (χ0n) is 20.2. The van der Waals surface area contributed by atoms with E-state index in [4.69, 9.17) is 14.5 Å². The summed E-state index contributed by atoms with van der Waals surface area (Å²) in [6, 6.07) is 15.4. The molecule has 1 fully saturated rings. The first kappa shape index (κ1) is 22.3. The van der Waals surface area contributed by atoms with Gasteiger partial charge in [0.15, 0.2) is 5.82 Å². The number of rotatable bonds is 7. The average Bonchev–Trinajstić information content (AvgIpc) is 3.48. The maximum Gasteiger partial charge on any atom is 0.159 e. The first-order valence-electron chi connectivity index (χ1n) is 11.8. The number of hydrogen-bond acceptors (Lipinski definition) is 6. The number of aromatic nitrogens is 4. The maximum atomic E-state index is 5.38. The lowest BCUT2D eigenvalue weighted by Crippen LogP contribution is -2.54. The standard InChI is InChI=1S/C26H32N6O2/c1-16-14-32(15-17(2)27-16)20-7-8-23-24(12-20)29-26(28-23)25-11-19(30-31-25)6-5-18-9-21(33-3)13-22(10-18)34-4/h7-13,16-17,27H,5-6,14-15H2,1-4H3,(H,28,29)(H,30,31). The second-order valence-electron chi connectivity index (χ2n) is 9.16. The van der Waals surface area contributed by atoms with E-state index in [0.717, 1.165) is 71.2 Å². The predicted octanol–water partition coefficient (Wildman–Crippen LogP) is 3.94. The van der Waals surface area contributed by atoms with Crippen LogP contribution in [-0.2, 0) is 12.8 Å². The van der Waals surface area contributed by atoms with Gasteiger partial charge in [-0.3, -0.25) is 5.10 Å². The first-order valence-corrected chi connectivity index (χ1v) is 11.8. The molecule has 2 unspecified atom stereocenters. The van der Waals surface area contributed by atoms with Crippen molar-refractivity contribution in [2.45, 2.75) is 38.8 Å². The monoisotopic (exact) mass is 460 g/mol. The lowest BCUT2D eigenvalue weighted by molar-refractivity contribution is 0.393. The topological polar surface area (TPSA) is 91.1 Å². The maximum absolute atomic E-state index is 5.38. The van der Waals surface area contributed by atoms with E-state index in [0.29, 0.717) is 12.1 Å². The molecule has 1 saturated heterocycles. The van der Waals surface area contributed by atoms with E-state index >= 15 is 0 Å². The van der Waals surface area contributed by atoms with Crippen LogP contribution in [0.3, 0.4) is 0 Å². The number of nitrogens with zero attached hydrogens (tertiary/aromatic N) is 3. The number of anilines is 1. The largest absolute Gasteiger partial charge is 0.497 e. The minimum atomic E-state index is 0.470. The molecule has 1 aliphatic rings. The van der Waals surface area contributed by atoms with Gasteiger partial charge in [-0.15, -0.1) is 0 Å². The van der Waals surface area contributed by atoms with E-state index in [1.807, 2.05) is 18.2 Å². The van der Waals surface area contributed by atoms with Crippen LogP contribution in [0.4, 0.5) is 5.69 Å². The summed E-state index contributed by atoms with van der Waals surface area (Å²) in [5, 5.41) is 11.3. The third kappa shape index (κ3) is 4.72. The summed E-state index contributed by atoms with van der Waals surface area (Å²) >= 11 is 0. The summed E-state index contributed by atoms with van der Waals surface area (Å²) in [4.78, 5) is 10.7. The quantitative estimate of drug-likeness (QED) is 0.387. The van der Waals surface area contributed by atoms with Gasteiger partial charge in [0.05, 0.1) is 25.3 Å². The van der Waals surface area contributed by atoms with Crippen molar-refractivity contribution in [3.8, 4) is 23.0 Å². The van der Waals surface area contributed by atoms with Crippen molar-refractivity contribution in [1.82, 2.24) is 25.5 Å². The molecule has 0 bridgehead atoms. The molecule has 0 amide bonds. The fourth-order valence-corrected chi connectivity index (χ4v) is 4.75. The van der Waals surface area contributed by atoms with Gasteiger partial charge in [-0.2, -0.15) is 5.10 Å². The van der Waals surface area contributed by atoms with Crippen LogP contribution >= 0.6 is 0 Å². The Labute approximate surface area is 199 Å². The smallest absolute Gasteiger partial charge is 0.159 e. The van der Waals surface area contributed by atoms with Crippen molar-refractivity contribution in [1.29, 1.82) is 0 Å². The number of nitrogens with one attached hydrogen (secondary N) is 3. The van der Waals surface area contributed by atoms with Gasteiger partial charge in [-0.1, -0.05) is 0 Å². The molecule has 2 aromatic carbocycles. The Balaban J connectivity index is 1.31. The number of methoxy groups -OCH3 is 2. The first-order chi connectivity index (χ1) is 16.5. The zero-order valence-corrected chi connectivity index (χ0v) is 20.2. The minimum Gasteiger partial charge on any atom is -0.497 e.